The Labute approximate surface area is 152 Å². The smallest absolute Gasteiger partial charge is 0.288 e. The van der Waals surface area contributed by atoms with Crippen LogP contribution in [0.5, 0.6) is 0 Å². The lowest BCUT2D eigenvalue weighted by Gasteiger charge is -2.33. The Balaban J connectivity index is 2.32. The van der Waals surface area contributed by atoms with Gasteiger partial charge in [0.15, 0.2) is 0 Å². The molecular weight excluding hydrogens is 320 g/mol. The van der Waals surface area contributed by atoms with Crippen molar-refractivity contribution in [2.75, 3.05) is 6.61 Å². The molecule has 3 aromatic carbocycles. The maximum atomic E-state index is 6.79. The molecule has 0 radical (unpaired) electrons. The van der Waals surface area contributed by atoms with E-state index in [0.717, 1.165) is 13.0 Å². The summed E-state index contributed by atoms with van der Waals surface area (Å²) in [4.78, 5) is 0. The minimum absolute atomic E-state index is 0.767. The lowest BCUT2D eigenvalue weighted by atomic mass is 10.2. The number of benzene rings is 3. The highest BCUT2D eigenvalue weighted by atomic mass is 28.4. The highest BCUT2D eigenvalue weighted by molar-refractivity contribution is 7.07. The normalized spacial score (nSPS) is 11.5. The first-order chi connectivity index (χ1) is 12.2. The summed E-state index contributed by atoms with van der Waals surface area (Å²) in [5.74, 6) is 0. The third-order valence-corrected chi connectivity index (χ3v) is 8.54. The Hall–Kier alpha value is -2.16. The predicted molar refractivity (Wildman–Crippen MR) is 110 cm³/mol. The highest BCUT2D eigenvalue weighted by Crippen LogP contribution is 2.13. The van der Waals surface area contributed by atoms with Crippen LogP contribution in [0, 0.1) is 13.8 Å². The van der Waals surface area contributed by atoms with Gasteiger partial charge in [0.2, 0.25) is 0 Å². The lowest BCUT2D eigenvalue weighted by Crippen LogP contribution is -2.69. The molecule has 0 saturated carbocycles. The second kappa shape index (κ2) is 7.81. The van der Waals surface area contributed by atoms with Crippen LogP contribution in [0.25, 0.3) is 0 Å². The molecule has 0 aliphatic rings. The van der Waals surface area contributed by atoms with E-state index in [2.05, 4.69) is 99.6 Å². The van der Waals surface area contributed by atoms with Crippen LogP contribution >= 0.6 is 0 Å². The van der Waals surface area contributed by atoms with Crippen LogP contribution in [0.2, 0.25) is 0 Å². The highest BCUT2D eigenvalue weighted by Gasteiger charge is 2.41. The van der Waals surface area contributed by atoms with Crippen molar-refractivity contribution >= 4 is 23.9 Å². The van der Waals surface area contributed by atoms with Gasteiger partial charge in [-0.15, -0.1) is 0 Å². The van der Waals surface area contributed by atoms with Crippen molar-refractivity contribution in [2.24, 2.45) is 0 Å². The number of rotatable bonds is 6. The zero-order valence-electron chi connectivity index (χ0n) is 15.3. The van der Waals surface area contributed by atoms with Gasteiger partial charge in [-0.1, -0.05) is 96.9 Å². The van der Waals surface area contributed by atoms with Gasteiger partial charge in [0.05, 0.1) is 0 Å². The maximum absolute atomic E-state index is 6.79. The summed E-state index contributed by atoms with van der Waals surface area (Å²) < 4.78 is 6.79. The molecule has 0 bridgehead atoms. The van der Waals surface area contributed by atoms with E-state index in [9.17, 15) is 0 Å². The summed E-state index contributed by atoms with van der Waals surface area (Å²) >= 11 is 0. The van der Waals surface area contributed by atoms with Crippen molar-refractivity contribution in [3.63, 3.8) is 0 Å². The van der Waals surface area contributed by atoms with E-state index < -0.39 is 8.32 Å². The van der Waals surface area contributed by atoms with Crippen molar-refractivity contribution in [1.29, 1.82) is 0 Å². The molecule has 0 fully saturated rings. The Morgan fingerprint density at radius 1 is 0.680 bits per heavy atom. The minimum atomic E-state index is -2.51. The molecule has 3 rings (SSSR count). The Bertz CT molecular complexity index is 752. The van der Waals surface area contributed by atoms with Crippen LogP contribution in [0.4, 0.5) is 0 Å². The van der Waals surface area contributed by atoms with E-state index in [1.54, 1.807) is 0 Å². The fourth-order valence-electron chi connectivity index (χ4n) is 3.53. The Kier molecular flexibility index (Phi) is 5.52. The van der Waals surface area contributed by atoms with Crippen molar-refractivity contribution in [2.45, 2.75) is 27.2 Å². The van der Waals surface area contributed by atoms with Crippen molar-refractivity contribution < 1.29 is 4.43 Å². The molecule has 0 aliphatic carbocycles. The monoisotopic (exact) mass is 346 g/mol. The SMILES string of the molecule is CCCO[Si](c1ccccc1)(c1ccccc1)c1cc(C)cc(C)c1. The average Bonchev–Trinajstić information content (AvgIpc) is 2.63. The van der Waals surface area contributed by atoms with Gasteiger partial charge >= 0.3 is 0 Å². The van der Waals surface area contributed by atoms with E-state index in [1.165, 1.54) is 26.7 Å². The molecule has 128 valence electrons. The standard InChI is InChI=1S/C23H26OSi/c1-4-15-24-25(21-11-7-5-8-12-21,22-13-9-6-10-14-22)23-17-19(2)16-20(3)18-23/h5-14,16-18H,4,15H2,1-3H3. The summed E-state index contributed by atoms with van der Waals surface area (Å²) in [7, 11) is -2.51. The topological polar surface area (TPSA) is 9.23 Å². The largest absolute Gasteiger partial charge is 0.404 e. The van der Waals surface area contributed by atoms with Crippen LogP contribution in [-0.2, 0) is 4.43 Å². The molecule has 0 N–H and O–H groups in total. The van der Waals surface area contributed by atoms with Gasteiger partial charge in [-0.3, -0.25) is 0 Å². The van der Waals surface area contributed by atoms with Crippen LogP contribution in [0.1, 0.15) is 24.5 Å². The summed E-state index contributed by atoms with van der Waals surface area (Å²) in [6.07, 6.45) is 1.01. The molecule has 0 saturated heterocycles. The van der Waals surface area contributed by atoms with E-state index in [-0.39, 0.29) is 0 Å². The quantitative estimate of drug-likeness (QED) is 0.488. The van der Waals surface area contributed by atoms with Crippen LogP contribution in [-0.4, -0.2) is 14.9 Å². The van der Waals surface area contributed by atoms with Crippen molar-refractivity contribution in [3.8, 4) is 0 Å². The van der Waals surface area contributed by atoms with E-state index >= 15 is 0 Å². The molecule has 0 unspecified atom stereocenters. The first-order valence-electron chi connectivity index (χ1n) is 9.00. The molecule has 0 amide bonds. The third kappa shape index (κ3) is 3.60. The van der Waals surface area contributed by atoms with E-state index in [1.807, 2.05) is 0 Å². The lowest BCUT2D eigenvalue weighted by molar-refractivity contribution is 0.323. The number of hydrogen-bond acceptors (Lipinski definition) is 1. The zero-order chi connectivity index (χ0) is 17.7. The van der Waals surface area contributed by atoms with Crippen LogP contribution < -0.4 is 15.6 Å². The Morgan fingerprint density at radius 2 is 1.16 bits per heavy atom. The molecule has 3 aromatic rings. The van der Waals surface area contributed by atoms with Gasteiger partial charge in [0, 0.05) is 6.61 Å². The number of aryl methyl sites for hydroxylation is 2. The van der Waals surface area contributed by atoms with Gasteiger partial charge in [-0.25, -0.2) is 0 Å². The predicted octanol–water partition coefficient (Wildman–Crippen LogP) is 3.70. The van der Waals surface area contributed by atoms with Gasteiger partial charge < -0.3 is 4.43 Å². The molecule has 0 spiro atoms. The molecule has 0 aromatic heterocycles. The summed E-state index contributed by atoms with van der Waals surface area (Å²) in [6, 6.07) is 28.4. The van der Waals surface area contributed by atoms with Gasteiger partial charge in [-0.2, -0.15) is 0 Å². The zero-order valence-corrected chi connectivity index (χ0v) is 16.3. The van der Waals surface area contributed by atoms with E-state index in [4.69, 9.17) is 4.43 Å². The second-order valence-corrected chi connectivity index (χ2v) is 10.0. The summed E-state index contributed by atoms with van der Waals surface area (Å²) in [5.41, 5.74) is 2.58. The third-order valence-electron chi connectivity index (χ3n) is 4.51. The molecule has 2 heteroatoms. The fourth-order valence-corrected chi connectivity index (χ4v) is 7.72. The summed E-state index contributed by atoms with van der Waals surface area (Å²) in [6.45, 7) is 7.29. The second-order valence-electron chi connectivity index (χ2n) is 6.64. The van der Waals surface area contributed by atoms with Crippen LogP contribution in [0.3, 0.4) is 0 Å². The molecule has 0 aliphatic heterocycles. The molecule has 1 nitrogen and oxygen atoms in total. The van der Waals surface area contributed by atoms with Gasteiger partial charge in [0.25, 0.3) is 8.32 Å². The summed E-state index contributed by atoms with van der Waals surface area (Å²) in [5, 5.41) is 3.94. The maximum Gasteiger partial charge on any atom is 0.288 e. The van der Waals surface area contributed by atoms with Crippen LogP contribution in [0.15, 0.2) is 78.9 Å². The van der Waals surface area contributed by atoms with Gasteiger partial charge in [-0.05, 0) is 35.8 Å². The molecular formula is C23H26OSi. The van der Waals surface area contributed by atoms with Gasteiger partial charge in [0.1, 0.15) is 0 Å². The minimum Gasteiger partial charge on any atom is -0.404 e. The Morgan fingerprint density at radius 3 is 1.60 bits per heavy atom. The average molecular weight is 347 g/mol. The molecule has 25 heavy (non-hydrogen) atoms. The molecule has 0 atom stereocenters. The van der Waals surface area contributed by atoms with E-state index in [0.29, 0.717) is 0 Å². The fraction of sp³-hybridized carbons (Fsp3) is 0.217. The first-order valence-corrected chi connectivity index (χ1v) is 10.9. The van der Waals surface area contributed by atoms with Crippen molar-refractivity contribution in [3.05, 3.63) is 90.0 Å². The molecule has 0 heterocycles. The first kappa shape index (κ1) is 17.7. The van der Waals surface area contributed by atoms with Crippen molar-refractivity contribution in [1.82, 2.24) is 0 Å². The number of hydrogen-bond donors (Lipinski definition) is 0.